The molecule has 1 N–H and O–H groups in total. The molecule has 0 aromatic rings. The molecule has 0 amide bonds. The third-order valence-corrected chi connectivity index (χ3v) is 5.99. The van der Waals surface area contributed by atoms with E-state index >= 15 is 0 Å². The van der Waals surface area contributed by atoms with Crippen LogP contribution in [0.15, 0.2) is 0 Å². The zero-order valence-electron chi connectivity index (χ0n) is 12.2. The zero-order chi connectivity index (χ0) is 13.9. The van der Waals surface area contributed by atoms with Crippen LogP contribution in [0.1, 0.15) is 40.5 Å². The van der Waals surface area contributed by atoms with E-state index in [4.69, 9.17) is 0 Å². The predicted molar refractivity (Wildman–Crippen MR) is 74.7 cm³/mol. The van der Waals surface area contributed by atoms with Gasteiger partial charge in [0, 0.05) is 38.3 Å². The minimum atomic E-state index is -3.34. The Balaban J connectivity index is 2.94. The number of nitrogens with zero attached hydrogens (tertiary/aromatic N) is 2. The molecule has 1 aliphatic heterocycles. The van der Waals surface area contributed by atoms with Gasteiger partial charge in [0.2, 0.25) is 0 Å². The molecular formula is C12H27N3O2S. The number of rotatable bonds is 5. The van der Waals surface area contributed by atoms with Crippen LogP contribution in [0, 0.1) is 0 Å². The van der Waals surface area contributed by atoms with Gasteiger partial charge < -0.3 is 5.32 Å². The van der Waals surface area contributed by atoms with E-state index in [0.717, 1.165) is 19.4 Å². The van der Waals surface area contributed by atoms with Crippen LogP contribution >= 0.6 is 0 Å². The maximum Gasteiger partial charge on any atom is 0.282 e. The number of hydrogen-bond acceptors (Lipinski definition) is 3. The van der Waals surface area contributed by atoms with E-state index < -0.39 is 10.2 Å². The minimum absolute atomic E-state index is 0.0116. The lowest BCUT2D eigenvalue weighted by atomic mass is 10.1. The van der Waals surface area contributed by atoms with E-state index in [9.17, 15) is 8.42 Å². The van der Waals surface area contributed by atoms with Crippen molar-refractivity contribution in [3.05, 3.63) is 0 Å². The van der Waals surface area contributed by atoms with Crippen molar-refractivity contribution in [2.24, 2.45) is 0 Å². The minimum Gasteiger partial charge on any atom is -0.311 e. The third kappa shape index (κ3) is 3.23. The van der Waals surface area contributed by atoms with Gasteiger partial charge >= 0.3 is 0 Å². The SMILES string of the molecule is CCC1CN(S(=O)(=O)N(C)C(C)C)C(CC)CN1. The number of hydrogen-bond donors (Lipinski definition) is 1. The van der Waals surface area contributed by atoms with Gasteiger partial charge in [-0.1, -0.05) is 13.8 Å². The average molecular weight is 277 g/mol. The molecule has 0 aliphatic carbocycles. The molecule has 1 saturated heterocycles. The average Bonchev–Trinajstić information content (AvgIpc) is 2.36. The van der Waals surface area contributed by atoms with Gasteiger partial charge in [-0.2, -0.15) is 17.0 Å². The molecule has 108 valence electrons. The molecule has 0 saturated carbocycles. The highest BCUT2D eigenvalue weighted by molar-refractivity contribution is 7.86. The molecule has 1 heterocycles. The fourth-order valence-corrected chi connectivity index (χ4v) is 4.00. The lowest BCUT2D eigenvalue weighted by Gasteiger charge is -2.41. The largest absolute Gasteiger partial charge is 0.311 e. The Bertz CT molecular complexity index is 356. The van der Waals surface area contributed by atoms with Crippen LogP contribution in [0.4, 0.5) is 0 Å². The van der Waals surface area contributed by atoms with Gasteiger partial charge in [0.15, 0.2) is 0 Å². The van der Waals surface area contributed by atoms with E-state index in [2.05, 4.69) is 12.2 Å². The maximum atomic E-state index is 12.6. The van der Waals surface area contributed by atoms with Crippen molar-refractivity contribution in [1.29, 1.82) is 0 Å². The molecule has 2 atom stereocenters. The Hall–Kier alpha value is -0.170. The Morgan fingerprint density at radius 2 is 1.94 bits per heavy atom. The summed E-state index contributed by atoms with van der Waals surface area (Å²) >= 11 is 0. The molecule has 0 bridgehead atoms. The summed E-state index contributed by atoms with van der Waals surface area (Å²) in [5.74, 6) is 0. The molecule has 0 spiro atoms. The van der Waals surface area contributed by atoms with Crippen molar-refractivity contribution < 1.29 is 8.42 Å². The first-order valence-electron chi connectivity index (χ1n) is 6.82. The van der Waals surface area contributed by atoms with Crippen LogP contribution in [0.25, 0.3) is 0 Å². The molecule has 1 aliphatic rings. The Labute approximate surface area is 112 Å². The van der Waals surface area contributed by atoms with Crippen molar-refractivity contribution >= 4 is 10.2 Å². The first-order valence-corrected chi connectivity index (χ1v) is 8.22. The van der Waals surface area contributed by atoms with E-state index in [1.807, 2.05) is 20.8 Å². The lowest BCUT2D eigenvalue weighted by Crippen LogP contribution is -2.60. The number of nitrogens with one attached hydrogen (secondary N) is 1. The molecule has 18 heavy (non-hydrogen) atoms. The third-order valence-electron chi connectivity index (χ3n) is 3.80. The Morgan fingerprint density at radius 1 is 1.33 bits per heavy atom. The van der Waals surface area contributed by atoms with Gasteiger partial charge in [-0.25, -0.2) is 0 Å². The topological polar surface area (TPSA) is 52.7 Å². The first-order chi connectivity index (χ1) is 8.34. The fraction of sp³-hybridized carbons (Fsp3) is 1.00. The van der Waals surface area contributed by atoms with Crippen LogP contribution in [0.5, 0.6) is 0 Å². The van der Waals surface area contributed by atoms with Gasteiger partial charge in [0.25, 0.3) is 10.2 Å². The van der Waals surface area contributed by atoms with Crippen LogP contribution in [0.3, 0.4) is 0 Å². The predicted octanol–water partition coefficient (Wildman–Crippen LogP) is 1.03. The van der Waals surface area contributed by atoms with Crippen LogP contribution in [-0.4, -0.2) is 55.3 Å². The summed E-state index contributed by atoms with van der Waals surface area (Å²) in [6.07, 6.45) is 1.79. The summed E-state index contributed by atoms with van der Waals surface area (Å²) in [4.78, 5) is 0. The Morgan fingerprint density at radius 3 is 2.39 bits per heavy atom. The summed E-state index contributed by atoms with van der Waals surface area (Å²) in [7, 11) is -1.68. The van der Waals surface area contributed by atoms with Gasteiger partial charge in [0.05, 0.1) is 0 Å². The van der Waals surface area contributed by atoms with E-state index in [1.165, 1.54) is 4.31 Å². The van der Waals surface area contributed by atoms with Crippen molar-refractivity contribution in [1.82, 2.24) is 13.9 Å². The van der Waals surface area contributed by atoms with Crippen LogP contribution in [0.2, 0.25) is 0 Å². The number of piperazine rings is 1. The standard InChI is InChI=1S/C12H27N3O2S/c1-6-11-9-15(12(7-2)8-13-11)18(16,17)14(5)10(3)4/h10-13H,6-9H2,1-5H3. The molecular weight excluding hydrogens is 250 g/mol. The smallest absolute Gasteiger partial charge is 0.282 e. The quantitative estimate of drug-likeness (QED) is 0.817. The highest BCUT2D eigenvalue weighted by Crippen LogP contribution is 2.19. The van der Waals surface area contributed by atoms with E-state index in [1.54, 1.807) is 11.4 Å². The maximum absolute atomic E-state index is 12.6. The molecule has 2 unspecified atom stereocenters. The second-order valence-corrected chi connectivity index (χ2v) is 7.20. The monoisotopic (exact) mass is 277 g/mol. The molecule has 1 fully saturated rings. The van der Waals surface area contributed by atoms with Crippen molar-refractivity contribution in [3.63, 3.8) is 0 Å². The summed E-state index contributed by atoms with van der Waals surface area (Å²) in [5, 5.41) is 3.42. The lowest BCUT2D eigenvalue weighted by molar-refractivity contribution is 0.200. The summed E-state index contributed by atoms with van der Waals surface area (Å²) in [6.45, 7) is 9.25. The second-order valence-electron chi connectivity index (χ2n) is 5.26. The van der Waals surface area contributed by atoms with Crippen LogP contribution < -0.4 is 5.32 Å². The summed E-state index contributed by atoms with van der Waals surface area (Å²) < 4.78 is 28.3. The second kappa shape index (κ2) is 6.32. The summed E-state index contributed by atoms with van der Waals surface area (Å²) in [6, 6.07) is 0.324. The fourth-order valence-electron chi connectivity index (χ4n) is 2.17. The Kier molecular flexibility index (Phi) is 5.58. The molecule has 0 aromatic carbocycles. The normalized spacial score (nSPS) is 27.1. The van der Waals surface area contributed by atoms with Gasteiger partial charge in [0.1, 0.15) is 0 Å². The molecule has 0 aromatic heterocycles. The van der Waals surface area contributed by atoms with Crippen LogP contribution in [-0.2, 0) is 10.2 Å². The van der Waals surface area contributed by atoms with E-state index in [0.29, 0.717) is 6.54 Å². The molecule has 0 radical (unpaired) electrons. The highest BCUT2D eigenvalue weighted by atomic mass is 32.2. The molecule has 1 rings (SSSR count). The molecule has 6 heteroatoms. The van der Waals surface area contributed by atoms with E-state index in [-0.39, 0.29) is 18.1 Å². The van der Waals surface area contributed by atoms with Crippen molar-refractivity contribution in [2.45, 2.75) is 58.7 Å². The highest BCUT2D eigenvalue weighted by Gasteiger charge is 2.37. The molecule has 5 nitrogen and oxygen atoms in total. The van der Waals surface area contributed by atoms with Crippen molar-refractivity contribution in [3.8, 4) is 0 Å². The first kappa shape index (κ1) is 15.9. The van der Waals surface area contributed by atoms with Crippen molar-refractivity contribution in [2.75, 3.05) is 20.1 Å². The van der Waals surface area contributed by atoms with Gasteiger partial charge in [-0.05, 0) is 26.7 Å². The van der Waals surface area contributed by atoms with Gasteiger partial charge in [-0.15, -0.1) is 0 Å². The summed E-state index contributed by atoms with van der Waals surface area (Å²) in [5.41, 5.74) is 0. The van der Waals surface area contributed by atoms with Gasteiger partial charge in [-0.3, -0.25) is 0 Å². The zero-order valence-corrected chi connectivity index (χ0v) is 13.0.